The van der Waals surface area contributed by atoms with Gasteiger partial charge in [0.15, 0.2) is 0 Å². The van der Waals surface area contributed by atoms with Crippen LogP contribution in [0.5, 0.6) is 5.75 Å². The molecule has 141 valence electrons. The third-order valence-corrected chi connectivity index (χ3v) is 5.63. The molecule has 0 heterocycles. The summed E-state index contributed by atoms with van der Waals surface area (Å²) >= 11 is 0. The van der Waals surface area contributed by atoms with E-state index in [9.17, 15) is 13.5 Å². The first-order chi connectivity index (χ1) is 12.3. The van der Waals surface area contributed by atoms with Gasteiger partial charge in [-0.15, -0.1) is 0 Å². The maximum atomic E-state index is 12.6. The normalized spacial score (nSPS) is 13.1. The lowest BCUT2D eigenvalue weighted by molar-refractivity contribution is 0.447. The van der Waals surface area contributed by atoms with Gasteiger partial charge in [0, 0.05) is 6.54 Å². The zero-order valence-electron chi connectivity index (χ0n) is 15.6. The van der Waals surface area contributed by atoms with Gasteiger partial charge >= 0.3 is 0 Å². The largest absolute Gasteiger partial charge is 0.506 e. The molecule has 0 saturated heterocycles. The first-order valence-electron chi connectivity index (χ1n) is 9.00. The number of aromatic hydroxyl groups is 1. The Kier molecular flexibility index (Phi) is 7.23. The monoisotopic (exact) mass is 374 g/mol. The van der Waals surface area contributed by atoms with Crippen molar-refractivity contribution in [2.24, 2.45) is 11.8 Å². The fourth-order valence-electron chi connectivity index (χ4n) is 2.74. The van der Waals surface area contributed by atoms with Crippen molar-refractivity contribution in [3.05, 3.63) is 66.2 Å². The summed E-state index contributed by atoms with van der Waals surface area (Å²) in [6.45, 7) is 7.72. The molecule has 0 fully saturated rings. The number of phenolic OH excluding ortho intramolecular Hbond substituents is 1. The second kappa shape index (κ2) is 9.19. The van der Waals surface area contributed by atoms with Gasteiger partial charge in [-0.3, -0.25) is 0 Å². The van der Waals surface area contributed by atoms with Crippen LogP contribution in [0.2, 0.25) is 0 Å². The Labute approximate surface area is 157 Å². The third kappa shape index (κ3) is 5.85. The van der Waals surface area contributed by atoms with Gasteiger partial charge in [0.05, 0.1) is 0 Å². The first kappa shape index (κ1) is 20.5. The Bertz CT molecular complexity index is 801. The molecule has 2 N–H and O–H groups in total. The number of rotatable bonds is 9. The number of aryl methyl sites for hydroxylation is 1. The van der Waals surface area contributed by atoms with E-state index in [1.54, 1.807) is 18.7 Å². The van der Waals surface area contributed by atoms with Gasteiger partial charge in [0.1, 0.15) is 10.6 Å². The summed E-state index contributed by atoms with van der Waals surface area (Å²) < 4.78 is 27.7. The average Bonchev–Trinajstić information content (AvgIpc) is 2.60. The van der Waals surface area contributed by atoms with Crippen LogP contribution < -0.4 is 4.72 Å². The van der Waals surface area contributed by atoms with Crippen LogP contribution in [0.1, 0.15) is 38.3 Å². The quantitative estimate of drug-likeness (QED) is 0.688. The molecule has 0 aliphatic heterocycles. The second-order valence-corrected chi connectivity index (χ2v) is 8.83. The van der Waals surface area contributed by atoms with E-state index in [0.717, 1.165) is 18.4 Å². The molecule has 2 rings (SSSR count). The number of benzene rings is 2. The summed E-state index contributed by atoms with van der Waals surface area (Å²) in [5, 5.41) is 10.4. The van der Waals surface area contributed by atoms with Crippen molar-refractivity contribution in [1.29, 1.82) is 0 Å². The van der Waals surface area contributed by atoms with E-state index in [4.69, 9.17) is 0 Å². The van der Waals surface area contributed by atoms with Gasteiger partial charge in [-0.05, 0) is 48.3 Å². The van der Waals surface area contributed by atoms with Gasteiger partial charge in [-0.1, -0.05) is 63.2 Å². The number of para-hydroxylation sites is 1. The van der Waals surface area contributed by atoms with Crippen molar-refractivity contribution in [2.45, 2.75) is 44.9 Å². The van der Waals surface area contributed by atoms with Gasteiger partial charge < -0.3 is 5.11 Å². The van der Waals surface area contributed by atoms with Gasteiger partial charge in [0.25, 0.3) is 0 Å². The summed E-state index contributed by atoms with van der Waals surface area (Å²) in [5.41, 5.74) is 1.81. The van der Waals surface area contributed by atoms with Crippen LogP contribution in [-0.2, 0) is 22.9 Å². The van der Waals surface area contributed by atoms with Gasteiger partial charge in [0.2, 0.25) is 10.0 Å². The lowest BCUT2D eigenvalue weighted by Crippen LogP contribution is -2.25. The van der Waals surface area contributed by atoms with Crippen molar-refractivity contribution < 1.29 is 13.5 Å². The Morgan fingerprint density at radius 3 is 2.38 bits per heavy atom. The van der Waals surface area contributed by atoms with E-state index in [-0.39, 0.29) is 16.6 Å². The highest BCUT2D eigenvalue weighted by Crippen LogP contribution is 2.28. The van der Waals surface area contributed by atoms with Crippen LogP contribution in [0.25, 0.3) is 0 Å². The molecule has 0 aromatic heterocycles. The van der Waals surface area contributed by atoms with Crippen LogP contribution >= 0.6 is 0 Å². The van der Waals surface area contributed by atoms with E-state index in [1.165, 1.54) is 6.07 Å². The van der Waals surface area contributed by atoms with Crippen LogP contribution in [0.15, 0.2) is 53.4 Å². The second-order valence-electron chi connectivity index (χ2n) is 7.15. The minimum Gasteiger partial charge on any atom is -0.506 e. The molecule has 5 heteroatoms. The molecule has 0 bridgehead atoms. The average molecular weight is 375 g/mol. The lowest BCUT2D eigenvalue weighted by atomic mass is 10.0. The van der Waals surface area contributed by atoms with Crippen molar-refractivity contribution in [2.75, 3.05) is 0 Å². The predicted molar refractivity (Wildman–Crippen MR) is 105 cm³/mol. The number of sulfonamides is 1. The number of hydrogen-bond acceptors (Lipinski definition) is 3. The molecule has 4 nitrogen and oxygen atoms in total. The Hall–Kier alpha value is -1.85. The van der Waals surface area contributed by atoms with Gasteiger partial charge in [-0.2, -0.15) is 0 Å². The minimum atomic E-state index is -3.79. The summed E-state index contributed by atoms with van der Waals surface area (Å²) in [4.78, 5) is -0.0677. The fourth-order valence-corrected chi connectivity index (χ4v) is 3.93. The van der Waals surface area contributed by atoms with E-state index in [2.05, 4.69) is 18.6 Å². The maximum Gasteiger partial charge on any atom is 0.244 e. The van der Waals surface area contributed by atoms with Crippen LogP contribution in [0.4, 0.5) is 0 Å². The highest BCUT2D eigenvalue weighted by molar-refractivity contribution is 7.89. The Morgan fingerprint density at radius 2 is 1.73 bits per heavy atom. The van der Waals surface area contributed by atoms with Crippen LogP contribution in [0, 0.1) is 18.4 Å². The molecular formula is C21H28NO3S. The van der Waals surface area contributed by atoms with Crippen LogP contribution in [-0.4, -0.2) is 13.5 Å². The van der Waals surface area contributed by atoms with E-state index >= 15 is 0 Å². The Balaban J connectivity index is 2.04. The SMILES string of the molecule is CC(C)CCc1cccc(S(=O)(=O)N[CH][C@H](C)Cc2ccccc2)c1O. The van der Waals surface area contributed by atoms with E-state index in [1.807, 2.05) is 37.3 Å². The minimum absolute atomic E-state index is 0.0263. The molecule has 2 aromatic rings. The topological polar surface area (TPSA) is 66.4 Å². The molecule has 26 heavy (non-hydrogen) atoms. The molecule has 0 unspecified atom stereocenters. The smallest absolute Gasteiger partial charge is 0.244 e. The van der Waals surface area contributed by atoms with Crippen molar-refractivity contribution in [3.8, 4) is 5.75 Å². The molecule has 1 atom stereocenters. The lowest BCUT2D eigenvalue weighted by Gasteiger charge is -2.15. The van der Waals surface area contributed by atoms with Gasteiger partial charge in [-0.25, -0.2) is 13.1 Å². The summed E-state index contributed by atoms with van der Waals surface area (Å²) in [5.74, 6) is 0.364. The molecule has 0 aliphatic carbocycles. The van der Waals surface area contributed by atoms with E-state index < -0.39 is 10.0 Å². The standard InChI is InChI=1S/C21H28NO3S/c1-16(2)12-13-19-10-7-11-20(21(19)23)26(24,25)22-15-17(3)14-18-8-5-4-6-9-18/h4-11,15-17,22-23H,12-14H2,1-3H3/t17-/m1/s1. The summed E-state index contributed by atoms with van der Waals surface area (Å²) in [6.07, 6.45) is 2.29. The highest BCUT2D eigenvalue weighted by Gasteiger charge is 2.21. The number of phenols is 1. The summed E-state index contributed by atoms with van der Waals surface area (Å²) in [7, 11) is -3.79. The highest BCUT2D eigenvalue weighted by atomic mass is 32.2. The van der Waals surface area contributed by atoms with Crippen LogP contribution in [0.3, 0.4) is 0 Å². The zero-order valence-corrected chi connectivity index (χ0v) is 16.5. The number of hydrogen-bond donors (Lipinski definition) is 2. The molecule has 2 aromatic carbocycles. The Morgan fingerprint density at radius 1 is 1.04 bits per heavy atom. The molecule has 0 aliphatic rings. The fraction of sp³-hybridized carbons (Fsp3) is 0.381. The van der Waals surface area contributed by atoms with Crippen molar-refractivity contribution >= 4 is 10.0 Å². The maximum absolute atomic E-state index is 12.6. The number of nitrogens with one attached hydrogen (secondary N) is 1. The van der Waals surface area contributed by atoms with Crippen molar-refractivity contribution in [1.82, 2.24) is 4.72 Å². The van der Waals surface area contributed by atoms with E-state index in [0.29, 0.717) is 17.9 Å². The molecule has 0 spiro atoms. The molecule has 0 saturated carbocycles. The first-order valence-corrected chi connectivity index (χ1v) is 10.5. The zero-order chi connectivity index (χ0) is 19.2. The third-order valence-electron chi connectivity index (χ3n) is 4.27. The predicted octanol–water partition coefficient (Wildman–Crippen LogP) is 4.30. The molecule has 0 amide bonds. The molecular weight excluding hydrogens is 346 g/mol. The molecule has 1 radical (unpaired) electrons. The summed E-state index contributed by atoms with van der Waals surface area (Å²) in [6, 6.07) is 14.8. The van der Waals surface area contributed by atoms with Crippen molar-refractivity contribution in [3.63, 3.8) is 0 Å².